The van der Waals surface area contributed by atoms with Gasteiger partial charge in [0.25, 0.3) is 0 Å². The predicted molar refractivity (Wildman–Crippen MR) is 202 cm³/mol. The van der Waals surface area contributed by atoms with Crippen LogP contribution in [0, 0.1) is 0 Å². The number of furan rings is 2. The van der Waals surface area contributed by atoms with Crippen LogP contribution in [-0.2, 0) is 10.8 Å². The summed E-state index contributed by atoms with van der Waals surface area (Å²) < 4.78 is 12.8. The van der Waals surface area contributed by atoms with Crippen LogP contribution in [0.3, 0.4) is 0 Å². The van der Waals surface area contributed by atoms with Gasteiger partial charge in [-0.1, -0.05) is 119 Å². The van der Waals surface area contributed by atoms with E-state index in [0.29, 0.717) is 17.5 Å². The lowest BCUT2D eigenvalue weighted by molar-refractivity contribution is 0.301. The van der Waals surface area contributed by atoms with Crippen molar-refractivity contribution in [3.05, 3.63) is 139 Å². The molecular weight excluding hydrogens is 615 g/mol. The molecule has 9 aromatic rings. The van der Waals surface area contributed by atoms with Crippen LogP contribution in [0.4, 0.5) is 0 Å². The first-order valence-electron chi connectivity index (χ1n) is 17.1. The van der Waals surface area contributed by atoms with Crippen molar-refractivity contribution in [2.24, 2.45) is 0 Å². The fraction of sp³-hybridized carbons (Fsp3) is 0.133. The third-order valence-electron chi connectivity index (χ3n) is 11.3. The Labute approximate surface area is 289 Å². The molecule has 0 radical (unpaired) electrons. The van der Waals surface area contributed by atoms with Gasteiger partial charge in [-0.05, 0) is 64.1 Å². The monoisotopic (exact) mass is 647 g/mol. The molecule has 0 unspecified atom stereocenters. The molecule has 0 saturated heterocycles. The van der Waals surface area contributed by atoms with E-state index in [1.54, 1.807) is 0 Å². The largest absolute Gasteiger partial charge is 0.456 e. The number of fused-ring (bicyclic) bond motifs is 10. The molecule has 50 heavy (non-hydrogen) atoms. The van der Waals surface area contributed by atoms with Crippen molar-refractivity contribution < 1.29 is 8.83 Å². The minimum atomic E-state index is -0.185. The summed E-state index contributed by atoms with van der Waals surface area (Å²) in [5, 5.41) is 4.24. The van der Waals surface area contributed by atoms with Gasteiger partial charge in [0.1, 0.15) is 22.3 Å². The Balaban J connectivity index is 1.24. The quantitative estimate of drug-likeness (QED) is 0.191. The standard InChI is InChI=1S/C45H33N3O2/c1-44(2)33-18-10-8-15-28(33)29-22-24-37-39(40(29)45(44,3)4)32-25-27(21-23-35(32)50-37)42-46-41(26-13-6-5-7-14-26)47-43(48-42)31-17-12-20-36-38(31)30-16-9-11-19-34(30)49-36/h5-25H,1-4H3. The highest BCUT2D eigenvalue weighted by Gasteiger charge is 2.47. The summed E-state index contributed by atoms with van der Waals surface area (Å²) >= 11 is 0. The van der Waals surface area contributed by atoms with E-state index in [4.69, 9.17) is 23.8 Å². The molecule has 1 aliphatic rings. The van der Waals surface area contributed by atoms with E-state index >= 15 is 0 Å². The minimum Gasteiger partial charge on any atom is -0.456 e. The lowest BCUT2D eigenvalue weighted by Crippen LogP contribution is -2.43. The smallest absolute Gasteiger partial charge is 0.164 e. The molecule has 6 aromatic carbocycles. The molecule has 0 spiro atoms. The Hall–Kier alpha value is -6.07. The molecular formula is C45H33N3O2. The van der Waals surface area contributed by atoms with Crippen LogP contribution >= 0.6 is 0 Å². The molecule has 1 aliphatic carbocycles. The van der Waals surface area contributed by atoms with Crippen LogP contribution in [0.25, 0.3) is 89.2 Å². The first-order chi connectivity index (χ1) is 24.3. The van der Waals surface area contributed by atoms with Crippen molar-refractivity contribution >= 4 is 43.9 Å². The summed E-state index contributed by atoms with van der Waals surface area (Å²) in [6.07, 6.45) is 0. The second kappa shape index (κ2) is 10.2. The molecule has 5 nitrogen and oxygen atoms in total. The predicted octanol–water partition coefficient (Wildman–Crippen LogP) is 11.9. The van der Waals surface area contributed by atoms with Crippen molar-refractivity contribution in [1.82, 2.24) is 15.0 Å². The maximum atomic E-state index is 6.56. The number of hydrogen-bond acceptors (Lipinski definition) is 5. The van der Waals surface area contributed by atoms with Crippen molar-refractivity contribution in [2.75, 3.05) is 0 Å². The molecule has 0 saturated carbocycles. The number of nitrogens with zero attached hydrogens (tertiary/aromatic N) is 3. The van der Waals surface area contributed by atoms with Gasteiger partial charge in [0.05, 0.1) is 0 Å². The SMILES string of the molecule is CC1(C)c2ccccc2-c2ccc3oc4ccc(-c5nc(-c6ccccc6)nc(-c6cccc7oc8ccccc8c67)n5)cc4c3c2C1(C)C. The molecule has 10 rings (SSSR count). The third kappa shape index (κ3) is 3.98. The van der Waals surface area contributed by atoms with Crippen LogP contribution in [0.2, 0.25) is 0 Å². The molecule has 240 valence electrons. The van der Waals surface area contributed by atoms with E-state index in [1.807, 2.05) is 60.7 Å². The lowest BCUT2D eigenvalue weighted by Gasteiger charge is -2.48. The maximum Gasteiger partial charge on any atom is 0.164 e. The fourth-order valence-electron chi connectivity index (χ4n) is 8.10. The number of rotatable bonds is 3. The number of benzene rings is 6. The van der Waals surface area contributed by atoms with Gasteiger partial charge >= 0.3 is 0 Å². The zero-order valence-electron chi connectivity index (χ0n) is 28.3. The van der Waals surface area contributed by atoms with Gasteiger partial charge in [0.2, 0.25) is 0 Å². The second-order valence-electron chi connectivity index (χ2n) is 14.4. The summed E-state index contributed by atoms with van der Waals surface area (Å²) in [5.41, 5.74) is 11.0. The van der Waals surface area contributed by atoms with E-state index in [-0.39, 0.29) is 10.8 Å². The van der Waals surface area contributed by atoms with Crippen molar-refractivity contribution in [3.63, 3.8) is 0 Å². The lowest BCUT2D eigenvalue weighted by atomic mass is 9.55. The van der Waals surface area contributed by atoms with Gasteiger partial charge < -0.3 is 8.83 Å². The average Bonchev–Trinajstić information content (AvgIpc) is 3.72. The summed E-state index contributed by atoms with van der Waals surface area (Å²) in [4.78, 5) is 15.3. The number of para-hydroxylation sites is 1. The normalized spacial score (nSPS) is 14.7. The first-order valence-corrected chi connectivity index (χ1v) is 17.1. The molecule has 0 fully saturated rings. The van der Waals surface area contributed by atoms with Crippen molar-refractivity contribution in [1.29, 1.82) is 0 Å². The molecule has 0 N–H and O–H groups in total. The molecule has 0 atom stereocenters. The van der Waals surface area contributed by atoms with Gasteiger partial charge in [-0.15, -0.1) is 0 Å². The summed E-state index contributed by atoms with van der Waals surface area (Å²) in [6, 6.07) is 43.8. The van der Waals surface area contributed by atoms with Gasteiger partial charge in [-0.3, -0.25) is 0 Å². The maximum absolute atomic E-state index is 6.56. The minimum absolute atomic E-state index is 0.113. The first kappa shape index (κ1) is 28.9. The van der Waals surface area contributed by atoms with E-state index in [9.17, 15) is 0 Å². The summed E-state index contributed by atoms with van der Waals surface area (Å²) in [6.45, 7) is 9.47. The molecule has 3 aromatic heterocycles. The summed E-state index contributed by atoms with van der Waals surface area (Å²) in [5.74, 6) is 1.81. The number of aromatic nitrogens is 3. The Kier molecular flexibility index (Phi) is 5.91. The van der Waals surface area contributed by atoms with E-state index in [1.165, 1.54) is 22.3 Å². The van der Waals surface area contributed by atoms with Crippen LogP contribution < -0.4 is 0 Å². The van der Waals surface area contributed by atoms with E-state index < -0.39 is 0 Å². The highest BCUT2D eigenvalue weighted by Crippen LogP contribution is 2.56. The highest BCUT2D eigenvalue weighted by atomic mass is 16.3. The summed E-state index contributed by atoms with van der Waals surface area (Å²) in [7, 11) is 0. The number of hydrogen-bond donors (Lipinski definition) is 0. The Morgan fingerprint density at radius 3 is 1.88 bits per heavy atom. The average molecular weight is 648 g/mol. The van der Waals surface area contributed by atoms with Crippen LogP contribution in [0.15, 0.2) is 136 Å². The Morgan fingerprint density at radius 2 is 1.04 bits per heavy atom. The molecule has 0 amide bonds. The Bertz CT molecular complexity index is 2820. The van der Waals surface area contributed by atoms with Crippen LogP contribution in [0.5, 0.6) is 0 Å². The molecule has 0 aliphatic heterocycles. The molecule has 0 bridgehead atoms. The third-order valence-corrected chi connectivity index (χ3v) is 11.3. The van der Waals surface area contributed by atoms with Gasteiger partial charge in [0, 0.05) is 43.7 Å². The van der Waals surface area contributed by atoms with E-state index in [2.05, 4.69) is 94.4 Å². The topological polar surface area (TPSA) is 65.0 Å². The highest BCUT2D eigenvalue weighted by molar-refractivity contribution is 6.12. The van der Waals surface area contributed by atoms with Gasteiger partial charge in [-0.25, -0.2) is 15.0 Å². The Morgan fingerprint density at radius 1 is 0.420 bits per heavy atom. The molecule has 3 heterocycles. The van der Waals surface area contributed by atoms with E-state index in [0.717, 1.165) is 60.6 Å². The fourth-order valence-corrected chi connectivity index (χ4v) is 8.10. The van der Waals surface area contributed by atoms with Crippen LogP contribution in [0.1, 0.15) is 38.8 Å². The van der Waals surface area contributed by atoms with Gasteiger partial charge in [0.15, 0.2) is 17.5 Å². The van der Waals surface area contributed by atoms with Gasteiger partial charge in [-0.2, -0.15) is 0 Å². The zero-order valence-corrected chi connectivity index (χ0v) is 28.3. The zero-order chi connectivity index (χ0) is 33.8. The van der Waals surface area contributed by atoms with Crippen molar-refractivity contribution in [3.8, 4) is 45.3 Å². The van der Waals surface area contributed by atoms with Crippen LogP contribution in [-0.4, -0.2) is 15.0 Å². The molecule has 5 heteroatoms. The second-order valence-corrected chi connectivity index (χ2v) is 14.4. The van der Waals surface area contributed by atoms with Crippen molar-refractivity contribution in [2.45, 2.75) is 38.5 Å².